The third kappa shape index (κ3) is 4.54. The van der Waals surface area contributed by atoms with E-state index in [9.17, 15) is 9.59 Å². The SMILES string of the molecule is CCCOC(=O)N(C)CC([NH])=O. The van der Waals surface area contributed by atoms with Gasteiger partial charge < -0.3 is 9.64 Å². The fourth-order valence-corrected chi connectivity index (χ4v) is 0.580. The minimum Gasteiger partial charge on any atom is -0.449 e. The number of hydrogen-bond acceptors (Lipinski definition) is 3. The minimum absolute atomic E-state index is 0.220. The maximum absolute atomic E-state index is 10.9. The lowest BCUT2D eigenvalue weighted by Crippen LogP contribution is -2.33. The van der Waals surface area contributed by atoms with E-state index in [0.29, 0.717) is 6.61 Å². The van der Waals surface area contributed by atoms with Crippen LogP contribution < -0.4 is 5.73 Å². The average molecular weight is 173 g/mol. The number of amides is 2. The molecule has 12 heavy (non-hydrogen) atoms. The highest BCUT2D eigenvalue weighted by Gasteiger charge is 2.11. The number of rotatable bonds is 4. The van der Waals surface area contributed by atoms with E-state index in [4.69, 9.17) is 10.5 Å². The molecule has 0 aliphatic carbocycles. The third-order valence-electron chi connectivity index (χ3n) is 1.12. The van der Waals surface area contributed by atoms with Gasteiger partial charge in [-0.3, -0.25) is 10.5 Å². The van der Waals surface area contributed by atoms with Gasteiger partial charge in [0.1, 0.15) is 6.54 Å². The van der Waals surface area contributed by atoms with E-state index in [0.717, 1.165) is 11.3 Å². The minimum atomic E-state index is -0.800. The molecule has 0 rings (SSSR count). The van der Waals surface area contributed by atoms with Crippen molar-refractivity contribution in [1.82, 2.24) is 10.6 Å². The molecule has 0 spiro atoms. The summed E-state index contributed by atoms with van der Waals surface area (Å²) in [4.78, 5) is 22.2. The second-order valence-corrected chi connectivity index (χ2v) is 2.39. The van der Waals surface area contributed by atoms with Crippen molar-refractivity contribution in [1.29, 1.82) is 0 Å². The van der Waals surface area contributed by atoms with Gasteiger partial charge in [0.25, 0.3) is 5.91 Å². The molecule has 0 aromatic rings. The van der Waals surface area contributed by atoms with Crippen LogP contribution in [-0.4, -0.2) is 37.1 Å². The van der Waals surface area contributed by atoms with Crippen LogP contribution in [0.3, 0.4) is 0 Å². The Labute approximate surface area is 71.5 Å². The molecule has 5 nitrogen and oxygen atoms in total. The molecule has 0 atom stereocenters. The van der Waals surface area contributed by atoms with E-state index in [1.807, 2.05) is 6.92 Å². The highest BCUT2D eigenvalue weighted by Crippen LogP contribution is 1.90. The molecule has 0 unspecified atom stereocenters. The standard InChI is InChI=1S/C7H13N2O3/c1-3-4-12-7(11)9(2)5-6(8)10/h8H,3-5H2,1-2H3. The molecule has 69 valence electrons. The van der Waals surface area contributed by atoms with Crippen LogP contribution in [0.25, 0.3) is 0 Å². The lowest BCUT2D eigenvalue weighted by atomic mass is 10.5. The van der Waals surface area contributed by atoms with Gasteiger partial charge >= 0.3 is 6.09 Å². The molecule has 0 saturated carbocycles. The normalized spacial score (nSPS) is 9.17. The Balaban J connectivity index is 3.69. The summed E-state index contributed by atoms with van der Waals surface area (Å²) >= 11 is 0. The van der Waals surface area contributed by atoms with Crippen LogP contribution >= 0.6 is 0 Å². The highest BCUT2D eigenvalue weighted by atomic mass is 16.6. The quantitative estimate of drug-likeness (QED) is 0.612. The maximum Gasteiger partial charge on any atom is 0.409 e. The molecule has 0 saturated heterocycles. The van der Waals surface area contributed by atoms with Crippen LogP contribution in [0, 0.1) is 0 Å². The van der Waals surface area contributed by atoms with Crippen molar-refractivity contribution < 1.29 is 14.3 Å². The van der Waals surface area contributed by atoms with Crippen molar-refractivity contribution in [3.05, 3.63) is 0 Å². The van der Waals surface area contributed by atoms with E-state index in [1.165, 1.54) is 7.05 Å². The van der Waals surface area contributed by atoms with Crippen molar-refractivity contribution in [3.8, 4) is 0 Å². The van der Waals surface area contributed by atoms with Gasteiger partial charge in [0.05, 0.1) is 6.61 Å². The van der Waals surface area contributed by atoms with Crippen molar-refractivity contribution in [2.75, 3.05) is 20.2 Å². The first kappa shape index (κ1) is 10.7. The van der Waals surface area contributed by atoms with Crippen molar-refractivity contribution >= 4 is 12.0 Å². The van der Waals surface area contributed by atoms with Crippen LogP contribution in [0.5, 0.6) is 0 Å². The number of nitrogens with one attached hydrogen (secondary N) is 1. The Morgan fingerprint density at radius 3 is 2.50 bits per heavy atom. The monoisotopic (exact) mass is 173 g/mol. The molecule has 0 fully saturated rings. The van der Waals surface area contributed by atoms with Crippen LogP contribution in [0.15, 0.2) is 0 Å². The first-order valence-corrected chi connectivity index (χ1v) is 3.70. The molecule has 1 radical (unpaired) electrons. The number of likely N-dealkylation sites (N-methyl/N-ethyl adjacent to an activating group) is 1. The van der Waals surface area contributed by atoms with Gasteiger partial charge in [-0.25, -0.2) is 4.79 Å². The van der Waals surface area contributed by atoms with E-state index in [1.54, 1.807) is 0 Å². The summed E-state index contributed by atoms with van der Waals surface area (Å²) in [6.07, 6.45) is 0.187. The van der Waals surface area contributed by atoms with E-state index < -0.39 is 12.0 Å². The molecule has 2 amide bonds. The van der Waals surface area contributed by atoms with Gasteiger partial charge in [0, 0.05) is 7.05 Å². The van der Waals surface area contributed by atoms with Crippen LogP contribution in [0.1, 0.15) is 13.3 Å². The van der Waals surface area contributed by atoms with Gasteiger partial charge in [-0.15, -0.1) is 0 Å². The largest absolute Gasteiger partial charge is 0.449 e. The molecule has 0 aliphatic rings. The summed E-state index contributed by atoms with van der Waals surface area (Å²) in [6.45, 7) is 2.00. The van der Waals surface area contributed by atoms with Crippen LogP contribution in [-0.2, 0) is 9.53 Å². The molecule has 0 bridgehead atoms. The summed E-state index contributed by atoms with van der Waals surface area (Å²) in [5.41, 5.74) is 6.59. The van der Waals surface area contributed by atoms with E-state index >= 15 is 0 Å². The van der Waals surface area contributed by atoms with Crippen LogP contribution in [0.2, 0.25) is 0 Å². The maximum atomic E-state index is 10.9. The Morgan fingerprint density at radius 2 is 2.08 bits per heavy atom. The summed E-state index contributed by atoms with van der Waals surface area (Å²) in [5, 5.41) is 0. The summed E-state index contributed by atoms with van der Waals surface area (Å²) in [7, 11) is 1.42. The Morgan fingerprint density at radius 1 is 1.50 bits per heavy atom. The van der Waals surface area contributed by atoms with Crippen LogP contribution in [0.4, 0.5) is 4.79 Å². The summed E-state index contributed by atoms with van der Waals surface area (Å²) in [5.74, 6) is -0.800. The van der Waals surface area contributed by atoms with E-state index in [-0.39, 0.29) is 6.54 Å². The fraction of sp³-hybridized carbons (Fsp3) is 0.714. The highest BCUT2D eigenvalue weighted by molar-refractivity contribution is 5.79. The molecular weight excluding hydrogens is 160 g/mol. The summed E-state index contributed by atoms with van der Waals surface area (Å²) in [6, 6.07) is 0. The predicted molar refractivity (Wildman–Crippen MR) is 42.4 cm³/mol. The first-order chi connectivity index (χ1) is 5.57. The second kappa shape index (κ2) is 5.40. The van der Waals surface area contributed by atoms with E-state index in [2.05, 4.69) is 0 Å². The lowest BCUT2D eigenvalue weighted by molar-refractivity contribution is -0.119. The zero-order chi connectivity index (χ0) is 9.56. The number of hydrogen-bond donors (Lipinski definition) is 0. The Kier molecular flexibility index (Phi) is 4.83. The van der Waals surface area contributed by atoms with Gasteiger partial charge in [-0.1, -0.05) is 6.92 Å². The lowest BCUT2D eigenvalue weighted by Gasteiger charge is -2.13. The number of carbonyl (C=O) groups is 2. The zero-order valence-corrected chi connectivity index (χ0v) is 7.29. The molecule has 0 heterocycles. The van der Waals surface area contributed by atoms with Gasteiger partial charge in [0.2, 0.25) is 0 Å². The zero-order valence-electron chi connectivity index (χ0n) is 7.29. The van der Waals surface area contributed by atoms with Gasteiger partial charge in [-0.2, -0.15) is 0 Å². The van der Waals surface area contributed by atoms with Crippen molar-refractivity contribution in [3.63, 3.8) is 0 Å². The molecule has 0 aromatic carbocycles. The smallest absolute Gasteiger partial charge is 0.409 e. The van der Waals surface area contributed by atoms with Gasteiger partial charge in [-0.05, 0) is 6.42 Å². The molecule has 5 heteroatoms. The molecule has 1 N–H and O–H groups in total. The third-order valence-corrected chi connectivity index (χ3v) is 1.12. The molecule has 0 aromatic heterocycles. The van der Waals surface area contributed by atoms with Gasteiger partial charge in [0.15, 0.2) is 0 Å². The molecule has 0 aliphatic heterocycles. The van der Waals surface area contributed by atoms with Crippen molar-refractivity contribution in [2.24, 2.45) is 0 Å². The predicted octanol–water partition coefficient (Wildman–Crippen LogP) is 0.274. The number of ether oxygens (including phenoxy) is 1. The average Bonchev–Trinajstić information content (AvgIpc) is 1.98. The molecular formula is C7H13N2O3. The summed E-state index contributed by atoms with van der Waals surface area (Å²) < 4.78 is 4.71. The Bertz CT molecular complexity index is 170. The number of carbonyl (C=O) groups excluding carboxylic acids is 2. The first-order valence-electron chi connectivity index (χ1n) is 3.70. The number of nitrogens with zero attached hydrogens (tertiary/aromatic N) is 1. The topological polar surface area (TPSA) is 70.4 Å². The second-order valence-electron chi connectivity index (χ2n) is 2.39. The Hall–Kier alpha value is -1.26. The fourth-order valence-electron chi connectivity index (χ4n) is 0.580. The van der Waals surface area contributed by atoms with Crippen molar-refractivity contribution in [2.45, 2.75) is 13.3 Å².